The van der Waals surface area contributed by atoms with Gasteiger partial charge in [-0.15, -0.1) is 21.5 Å². The highest BCUT2D eigenvalue weighted by atomic mass is 32.2. The molecule has 0 aliphatic carbocycles. The minimum Gasteiger partial charge on any atom is -0.308 e. The molecular weight excluding hydrogens is 338 g/mol. The third-order valence-corrected chi connectivity index (χ3v) is 5.70. The van der Waals surface area contributed by atoms with E-state index >= 15 is 0 Å². The smallest absolute Gasteiger partial charge is 0.191 e. The lowest BCUT2D eigenvalue weighted by Gasteiger charge is -2.07. The Balaban J connectivity index is 1.61. The van der Waals surface area contributed by atoms with Crippen LogP contribution in [0, 0.1) is 13.8 Å². The summed E-state index contributed by atoms with van der Waals surface area (Å²) < 4.78 is 2.01. The van der Waals surface area contributed by atoms with Gasteiger partial charge in [-0.05, 0) is 43.3 Å². The van der Waals surface area contributed by atoms with E-state index in [0.717, 1.165) is 34.8 Å². The van der Waals surface area contributed by atoms with Crippen molar-refractivity contribution in [1.82, 2.24) is 14.8 Å². The Morgan fingerprint density at radius 1 is 1.29 bits per heavy atom. The molecule has 2 heterocycles. The first-order valence-electron chi connectivity index (χ1n) is 7.77. The molecule has 24 heavy (non-hydrogen) atoms. The second-order valence-corrected chi connectivity index (χ2v) is 7.64. The fraction of sp³-hybridized carbons (Fsp3) is 0.278. The summed E-state index contributed by atoms with van der Waals surface area (Å²) >= 11 is 3.21. The molecule has 4 nitrogen and oxygen atoms in total. The van der Waals surface area contributed by atoms with Gasteiger partial charge in [0, 0.05) is 17.0 Å². The summed E-state index contributed by atoms with van der Waals surface area (Å²) in [6.07, 6.45) is 2.69. The van der Waals surface area contributed by atoms with Crippen LogP contribution in [-0.2, 0) is 13.0 Å². The summed E-state index contributed by atoms with van der Waals surface area (Å²) in [6, 6.07) is 10.2. The van der Waals surface area contributed by atoms with E-state index in [2.05, 4.69) is 27.7 Å². The molecule has 6 heteroatoms. The number of ketones is 1. The second kappa shape index (κ2) is 7.77. The Hall–Kier alpha value is -1.92. The van der Waals surface area contributed by atoms with Gasteiger partial charge in [0.15, 0.2) is 10.9 Å². The third kappa shape index (κ3) is 4.13. The lowest BCUT2D eigenvalue weighted by molar-refractivity contribution is 0.102. The first kappa shape index (κ1) is 16.9. The molecule has 0 aliphatic heterocycles. The molecule has 0 fully saturated rings. The highest BCUT2D eigenvalue weighted by Gasteiger charge is 2.13. The van der Waals surface area contributed by atoms with Crippen molar-refractivity contribution in [2.75, 3.05) is 5.75 Å². The Bertz CT molecular complexity index is 825. The fourth-order valence-electron chi connectivity index (χ4n) is 2.44. The number of benzene rings is 1. The van der Waals surface area contributed by atoms with Crippen molar-refractivity contribution < 1.29 is 4.79 Å². The molecule has 124 valence electrons. The summed E-state index contributed by atoms with van der Waals surface area (Å²) in [5, 5.41) is 11.0. The van der Waals surface area contributed by atoms with Gasteiger partial charge in [0.25, 0.3) is 0 Å². The third-order valence-electron chi connectivity index (χ3n) is 3.79. The van der Waals surface area contributed by atoms with Crippen LogP contribution in [0.5, 0.6) is 0 Å². The van der Waals surface area contributed by atoms with Crippen LogP contribution in [0.2, 0.25) is 0 Å². The molecule has 0 unspecified atom stereocenters. The largest absolute Gasteiger partial charge is 0.308 e. The van der Waals surface area contributed by atoms with E-state index < -0.39 is 0 Å². The van der Waals surface area contributed by atoms with Crippen molar-refractivity contribution in [2.45, 2.75) is 32.0 Å². The number of rotatable bonds is 7. The number of aromatic nitrogens is 3. The minimum atomic E-state index is 0.133. The molecule has 0 bridgehead atoms. The van der Waals surface area contributed by atoms with E-state index in [1.807, 2.05) is 36.6 Å². The van der Waals surface area contributed by atoms with Gasteiger partial charge in [0.05, 0.1) is 5.75 Å². The number of carbonyl (C=O) groups is 1. The Morgan fingerprint density at radius 3 is 2.96 bits per heavy atom. The van der Waals surface area contributed by atoms with Gasteiger partial charge in [0.2, 0.25) is 0 Å². The number of hydrogen-bond donors (Lipinski definition) is 0. The van der Waals surface area contributed by atoms with E-state index in [-0.39, 0.29) is 5.78 Å². The molecule has 0 radical (unpaired) electrons. The van der Waals surface area contributed by atoms with Crippen LogP contribution in [0.15, 0.2) is 47.2 Å². The van der Waals surface area contributed by atoms with Crippen LogP contribution in [0.1, 0.15) is 26.4 Å². The molecular formula is C18H19N3OS2. The van der Waals surface area contributed by atoms with Gasteiger partial charge in [0.1, 0.15) is 6.33 Å². The van der Waals surface area contributed by atoms with Crippen LogP contribution in [0.3, 0.4) is 0 Å². The van der Waals surface area contributed by atoms with Crippen LogP contribution in [-0.4, -0.2) is 26.3 Å². The van der Waals surface area contributed by atoms with E-state index in [0.29, 0.717) is 5.75 Å². The number of carbonyl (C=O) groups excluding carboxylic acids is 1. The van der Waals surface area contributed by atoms with Crippen LogP contribution in [0.25, 0.3) is 0 Å². The zero-order valence-corrected chi connectivity index (χ0v) is 15.4. The normalized spacial score (nSPS) is 10.9. The van der Waals surface area contributed by atoms with Crippen molar-refractivity contribution in [2.24, 2.45) is 0 Å². The van der Waals surface area contributed by atoms with Gasteiger partial charge in [-0.1, -0.05) is 35.5 Å². The second-order valence-electron chi connectivity index (χ2n) is 5.67. The number of thioether (sulfide) groups is 1. The van der Waals surface area contributed by atoms with Crippen molar-refractivity contribution in [1.29, 1.82) is 0 Å². The molecule has 0 amide bonds. The Morgan fingerprint density at radius 2 is 2.17 bits per heavy atom. The number of Topliss-reactive ketones (excluding diaryl/α,β-unsaturated/α-hetero) is 1. The predicted molar refractivity (Wildman–Crippen MR) is 99.0 cm³/mol. The number of nitrogens with zero attached hydrogens (tertiary/aromatic N) is 3. The van der Waals surface area contributed by atoms with E-state index in [4.69, 9.17) is 0 Å². The fourth-order valence-corrected chi connectivity index (χ4v) is 3.96. The molecule has 0 saturated heterocycles. The predicted octanol–water partition coefficient (Wildman–Crippen LogP) is 4.17. The molecule has 1 aromatic carbocycles. The maximum atomic E-state index is 12.5. The average Bonchev–Trinajstić information content (AvgIpc) is 3.24. The maximum Gasteiger partial charge on any atom is 0.191 e. The Labute approximate surface area is 149 Å². The van der Waals surface area contributed by atoms with E-state index in [1.54, 1.807) is 17.7 Å². The van der Waals surface area contributed by atoms with Crippen molar-refractivity contribution >= 4 is 28.9 Å². The topological polar surface area (TPSA) is 47.8 Å². The molecule has 3 aromatic rings. The quantitative estimate of drug-likeness (QED) is 0.470. The molecule has 3 rings (SSSR count). The Kier molecular flexibility index (Phi) is 5.48. The first-order valence-corrected chi connectivity index (χ1v) is 9.63. The van der Waals surface area contributed by atoms with E-state index in [9.17, 15) is 4.79 Å². The van der Waals surface area contributed by atoms with Gasteiger partial charge < -0.3 is 4.57 Å². The molecule has 2 aromatic heterocycles. The monoisotopic (exact) mass is 357 g/mol. The van der Waals surface area contributed by atoms with E-state index in [1.165, 1.54) is 16.6 Å². The zero-order chi connectivity index (χ0) is 16.9. The van der Waals surface area contributed by atoms with Crippen molar-refractivity contribution in [3.05, 3.63) is 63.6 Å². The molecule has 0 atom stereocenters. The zero-order valence-electron chi connectivity index (χ0n) is 13.7. The number of hydrogen-bond acceptors (Lipinski definition) is 5. The van der Waals surface area contributed by atoms with Crippen LogP contribution >= 0.6 is 23.1 Å². The van der Waals surface area contributed by atoms with Crippen molar-refractivity contribution in [3.63, 3.8) is 0 Å². The highest BCUT2D eigenvalue weighted by Crippen LogP contribution is 2.20. The molecule has 0 N–H and O–H groups in total. The molecule has 0 spiro atoms. The minimum absolute atomic E-state index is 0.133. The number of aryl methyl sites for hydroxylation is 4. The average molecular weight is 358 g/mol. The van der Waals surface area contributed by atoms with Crippen LogP contribution < -0.4 is 0 Å². The summed E-state index contributed by atoms with van der Waals surface area (Å²) in [5.74, 6) is 0.510. The van der Waals surface area contributed by atoms with Gasteiger partial charge in [-0.2, -0.15) is 0 Å². The van der Waals surface area contributed by atoms with Crippen LogP contribution in [0.4, 0.5) is 0 Å². The SMILES string of the molecule is Cc1ccc(C)c(C(=O)CSc2nncn2CCc2cccs2)c1. The first-order chi connectivity index (χ1) is 11.6. The maximum absolute atomic E-state index is 12.5. The summed E-state index contributed by atoms with van der Waals surface area (Å²) in [6.45, 7) is 4.80. The standard InChI is InChI=1S/C18H19N3OS2/c1-13-5-6-14(2)16(10-13)17(22)11-24-18-20-19-12-21(18)8-7-15-4-3-9-23-15/h3-6,9-10,12H,7-8,11H2,1-2H3. The number of thiophene rings is 1. The summed E-state index contributed by atoms with van der Waals surface area (Å²) in [7, 11) is 0. The van der Waals surface area contributed by atoms with Gasteiger partial charge >= 0.3 is 0 Å². The summed E-state index contributed by atoms with van der Waals surface area (Å²) in [4.78, 5) is 13.8. The van der Waals surface area contributed by atoms with Gasteiger partial charge in [-0.3, -0.25) is 4.79 Å². The lowest BCUT2D eigenvalue weighted by Crippen LogP contribution is -2.07. The summed E-state index contributed by atoms with van der Waals surface area (Å²) in [5.41, 5.74) is 2.92. The van der Waals surface area contributed by atoms with Crippen molar-refractivity contribution in [3.8, 4) is 0 Å². The molecule has 0 aliphatic rings. The molecule has 0 saturated carbocycles. The lowest BCUT2D eigenvalue weighted by atomic mass is 10.0. The van der Waals surface area contributed by atoms with Gasteiger partial charge in [-0.25, -0.2) is 0 Å². The highest BCUT2D eigenvalue weighted by molar-refractivity contribution is 7.99.